The van der Waals surface area contributed by atoms with Gasteiger partial charge in [0.25, 0.3) is 0 Å². The predicted octanol–water partition coefficient (Wildman–Crippen LogP) is 3.48. The molecule has 0 saturated carbocycles. The summed E-state index contributed by atoms with van der Waals surface area (Å²) >= 11 is 0. The maximum Gasteiger partial charge on any atom is 0.797 e. The molecular formula is C19H11BF2O2. The van der Waals surface area contributed by atoms with E-state index < -0.39 is 19.0 Å². The van der Waals surface area contributed by atoms with Crippen molar-refractivity contribution in [3.8, 4) is 23.7 Å². The summed E-state index contributed by atoms with van der Waals surface area (Å²) < 4.78 is 29.1. The fraction of sp³-hybridized carbons (Fsp3) is 0. The molecule has 2 nitrogen and oxygen atoms in total. The predicted molar refractivity (Wildman–Crippen MR) is 88.8 cm³/mol. The van der Waals surface area contributed by atoms with Crippen molar-refractivity contribution >= 4 is 13.3 Å². The molecular weight excluding hydrogens is 309 g/mol. The van der Waals surface area contributed by atoms with Crippen molar-refractivity contribution in [2.24, 2.45) is 0 Å². The van der Waals surface area contributed by atoms with Crippen LogP contribution in [0.25, 0.3) is 0 Å². The van der Waals surface area contributed by atoms with Crippen LogP contribution in [0.5, 0.6) is 0 Å². The summed E-state index contributed by atoms with van der Waals surface area (Å²) in [5, 5.41) is 0. The van der Waals surface area contributed by atoms with Crippen LogP contribution in [0, 0.1) is 23.7 Å². The van der Waals surface area contributed by atoms with Gasteiger partial charge >= 0.3 is 7.47 Å². The monoisotopic (exact) mass is 320 g/mol. The highest BCUT2D eigenvalue weighted by Crippen LogP contribution is 2.03. The molecule has 0 aromatic heterocycles. The summed E-state index contributed by atoms with van der Waals surface area (Å²) in [5.74, 6) is 8.95. The highest BCUT2D eigenvalue weighted by Gasteiger charge is 2.18. The second kappa shape index (κ2) is 8.97. The lowest BCUT2D eigenvalue weighted by Gasteiger charge is -1.99. The smallest absolute Gasteiger partial charge is 0.498 e. The van der Waals surface area contributed by atoms with Gasteiger partial charge in [0, 0.05) is 17.2 Å². The van der Waals surface area contributed by atoms with Crippen LogP contribution in [-0.4, -0.2) is 13.3 Å². The Morgan fingerprint density at radius 2 is 1.38 bits per heavy atom. The van der Waals surface area contributed by atoms with Gasteiger partial charge in [0.1, 0.15) is 0 Å². The molecule has 0 heterocycles. The number of ketones is 1. The topological polar surface area (TPSA) is 26.3 Å². The van der Waals surface area contributed by atoms with Crippen LogP contribution in [0.4, 0.5) is 8.63 Å². The molecule has 0 saturated heterocycles. The Kier molecular flexibility index (Phi) is 6.38. The van der Waals surface area contributed by atoms with Gasteiger partial charge in [-0.2, -0.15) is 0 Å². The van der Waals surface area contributed by atoms with Crippen LogP contribution in [0.15, 0.2) is 72.5 Å². The van der Waals surface area contributed by atoms with E-state index in [-0.39, 0.29) is 0 Å². The zero-order valence-electron chi connectivity index (χ0n) is 12.5. The molecule has 24 heavy (non-hydrogen) atoms. The minimum atomic E-state index is -3.07. The lowest BCUT2D eigenvalue weighted by atomic mass is 10.2. The van der Waals surface area contributed by atoms with E-state index in [0.717, 1.165) is 6.08 Å². The van der Waals surface area contributed by atoms with E-state index in [1.54, 1.807) is 54.6 Å². The first-order valence-corrected chi connectivity index (χ1v) is 6.98. The summed E-state index contributed by atoms with van der Waals surface area (Å²) in [4.78, 5) is 11.8. The molecule has 116 valence electrons. The number of carbonyl (C=O) groups excluding carboxylic acids is 1. The molecule has 0 aliphatic carbocycles. The molecule has 0 N–H and O–H groups in total. The van der Waals surface area contributed by atoms with Gasteiger partial charge in [0.05, 0.1) is 0 Å². The largest absolute Gasteiger partial charge is 0.797 e. The summed E-state index contributed by atoms with van der Waals surface area (Å²) in [7, 11) is -3.07. The highest BCUT2D eigenvalue weighted by molar-refractivity contribution is 6.35. The third-order valence-corrected chi connectivity index (χ3v) is 2.69. The normalized spacial score (nSPS) is 9.83. The van der Waals surface area contributed by atoms with Gasteiger partial charge in [-0.15, -0.1) is 0 Å². The Hall–Kier alpha value is -3.31. The van der Waals surface area contributed by atoms with Gasteiger partial charge in [-0.3, -0.25) is 4.79 Å². The fourth-order valence-corrected chi connectivity index (χ4v) is 1.66. The van der Waals surface area contributed by atoms with E-state index in [9.17, 15) is 13.4 Å². The summed E-state index contributed by atoms with van der Waals surface area (Å²) in [5.41, 5.74) is 1.26. The van der Waals surface area contributed by atoms with E-state index in [1.807, 2.05) is 6.07 Å². The summed E-state index contributed by atoms with van der Waals surface area (Å²) in [6.07, 6.45) is 0.859. The average Bonchev–Trinajstić information content (AvgIpc) is 2.59. The molecule has 5 heteroatoms. The first-order chi connectivity index (χ1) is 11.6. The third kappa shape index (κ3) is 6.21. The Morgan fingerprint density at radius 3 is 1.88 bits per heavy atom. The van der Waals surface area contributed by atoms with Crippen molar-refractivity contribution in [2.45, 2.75) is 0 Å². The SMILES string of the molecule is O=C(C#Cc1ccccc1)/C=C(/C#Cc1ccccc1)OB(F)F. The van der Waals surface area contributed by atoms with Gasteiger partial charge in [0.2, 0.25) is 5.78 Å². The Bertz CT molecular complexity index is 839. The molecule has 0 aliphatic rings. The first-order valence-electron chi connectivity index (χ1n) is 6.98. The number of allylic oxidation sites excluding steroid dienone is 2. The van der Waals surface area contributed by atoms with Crippen LogP contribution in [0.2, 0.25) is 0 Å². The zero-order chi connectivity index (χ0) is 17.2. The summed E-state index contributed by atoms with van der Waals surface area (Å²) in [6, 6.07) is 17.6. The van der Waals surface area contributed by atoms with E-state index in [1.165, 1.54) is 0 Å². The number of halogens is 2. The van der Waals surface area contributed by atoms with Crippen LogP contribution in [0.1, 0.15) is 11.1 Å². The molecule has 0 fully saturated rings. The number of carbonyl (C=O) groups is 1. The first kappa shape index (κ1) is 17.1. The second-order valence-electron chi connectivity index (χ2n) is 4.48. The molecule has 0 amide bonds. The number of benzene rings is 2. The van der Waals surface area contributed by atoms with Crippen molar-refractivity contribution in [1.82, 2.24) is 0 Å². The number of hydrogen-bond donors (Lipinski definition) is 0. The summed E-state index contributed by atoms with van der Waals surface area (Å²) in [6.45, 7) is 0. The Balaban J connectivity index is 2.18. The standard InChI is InChI=1S/C19H11BF2O2/c21-20(22)24-19(14-12-17-9-5-2-6-10-17)15-18(23)13-11-16-7-3-1-4-8-16/h1-10,15H/b19-15-. The molecule has 0 radical (unpaired) electrons. The van der Waals surface area contributed by atoms with E-state index in [0.29, 0.717) is 11.1 Å². The highest BCUT2D eigenvalue weighted by atomic mass is 19.2. The minimum absolute atomic E-state index is 0.429. The molecule has 0 aliphatic heterocycles. The fourth-order valence-electron chi connectivity index (χ4n) is 1.66. The van der Waals surface area contributed by atoms with Crippen LogP contribution >= 0.6 is 0 Å². The van der Waals surface area contributed by atoms with E-state index in [4.69, 9.17) is 0 Å². The number of rotatable bonds is 3. The second-order valence-corrected chi connectivity index (χ2v) is 4.48. The quantitative estimate of drug-likeness (QED) is 0.375. The molecule has 2 aromatic rings. The Labute approximate surface area is 139 Å². The molecule has 2 aromatic carbocycles. The lowest BCUT2D eigenvalue weighted by Crippen LogP contribution is -2.05. The third-order valence-electron chi connectivity index (χ3n) is 2.69. The van der Waals surface area contributed by atoms with E-state index >= 15 is 0 Å². The van der Waals surface area contributed by atoms with Crippen molar-refractivity contribution in [3.63, 3.8) is 0 Å². The minimum Gasteiger partial charge on any atom is -0.498 e. The number of hydrogen-bond acceptors (Lipinski definition) is 2. The van der Waals surface area contributed by atoms with Gasteiger partial charge in [-0.1, -0.05) is 48.2 Å². The average molecular weight is 320 g/mol. The lowest BCUT2D eigenvalue weighted by molar-refractivity contribution is -0.109. The van der Waals surface area contributed by atoms with Gasteiger partial charge < -0.3 is 4.65 Å². The van der Waals surface area contributed by atoms with Gasteiger partial charge in [-0.05, 0) is 36.1 Å². The molecule has 0 bridgehead atoms. The van der Waals surface area contributed by atoms with Crippen molar-refractivity contribution in [1.29, 1.82) is 0 Å². The maximum atomic E-state index is 12.4. The van der Waals surface area contributed by atoms with Crippen LogP contribution in [0.3, 0.4) is 0 Å². The van der Waals surface area contributed by atoms with Crippen molar-refractivity contribution in [3.05, 3.63) is 83.6 Å². The van der Waals surface area contributed by atoms with Crippen LogP contribution < -0.4 is 0 Å². The zero-order valence-corrected chi connectivity index (χ0v) is 12.5. The Morgan fingerprint density at radius 1 is 0.875 bits per heavy atom. The van der Waals surface area contributed by atoms with Crippen molar-refractivity contribution < 1.29 is 18.1 Å². The van der Waals surface area contributed by atoms with E-state index in [2.05, 4.69) is 28.3 Å². The van der Waals surface area contributed by atoms with Crippen LogP contribution in [-0.2, 0) is 9.45 Å². The molecule has 2 rings (SSSR count). The molecule has 0 unspecified atom stereocenters. The van der Waals surface area contributed by atoms with Gasteiger partial charge in [-0.25, -0.2) is 8.63 Å². The van der Waals surface area contributed by atoms with Crippen molar-refractivity contribution in [2.75, 3.05) is 0 Å². The molecule has 0 spiro atoms. The maximum absolute atomic E-state index is 12.4. The molecule has 0 atom stereocenters. The van der Waals surface area contributed by atoms with Gasteiger partial charge in [0.15, 0.2) is 5.76 Å².